The van der Waals surface area contributed by atoms with Crippen LogP contribution < -0.4 is 0 Å². The first-order chi connectivity index (χ1) is 10.4. The van der Waals surface area contributed by atoms with Crippen LogP contribution in [0.5, 0.6) is 0 Å². The van der Waals surface area contributed by atoms with Crippen molar-refractivity contribution in [3.63, 3.8) is 0 Å². The molecular formula is C15H15FN2O3S. The molecule has 1 saturated heterocycles. The Morgan fingerprint density at radius 2 is 2.05 bits per heavy atom. The number of rotatable bonds is 4. The quantitative estimate of drug-likeness (QED) is 0.803. The van der Waals surface area contributed by atoms with Crippen molar-refractivity contribution >= 4 is 27.0 Å². The second-order valence-electron chi connectivity index (χ2n) is 5.38. The van der Waals surface area contributed by atoms with E-state index in [0.717, 1.165) is 16.5 Å². The van der Waals surface area contributed by atoms with Crippen molar-refractivity contribution in [2.45, 2.75) is 18.1 Å². The van der Waals surface area contributed by atoms with Gasteiger partial charge in [0.15, 0.2) is 0 Å². The Kier molecular flexibility index (Phi) is 3.82. The van der Waals surface area contributed by atoms with Crippen molar-refractivity contribution in [1.29, 1.82) is 0 Å². The maximum Gasteiger partial charge on any atom is 0.307 e. The van der Waals surface area contributed by atoms with E-state index >= 15 is 0 Å². The van der Waals surface area contributed by atoms with Crippen LogP contribution in [0.25, 0.3) is 10.9 Å². The van der Waals surface area contributed by atoms with E-state index in [1.807, 2.05) is 30.3 Å². The number of likely N-dealkylation sites (tertiary alicyclic amines) is 1. The standard InChI is InChI=1S/C15H15FN2O3S/c16-22(20,21)12-9-15(19)18(10-12)8-6-11-5-7-17-14-4-2-1-3-13(11)14/h1-5,7,12H,6,8-10H2. The minimum Gasteiger partial charge on any atom is -0.341 e. The van der Waals surface area contributed by atoms with Gasteiger partial charge in [0.25, 0.3) is 0 Å². The Morgan fingerprint density at radius 1 is 1.27 bits per heavy atom. The van der Waals surface area contributed by atoms with Crippen molar-refractivity contribution in [2.24, 2.45) is 0 Å². The molecule has 1 amide bonds. The van der Waals surface area contributed by atoms with Crippen molar-refractivity contribution < 1.29 is 17.1 Å². The van der Waals surface area contributed by atoms with Gasteiger partial charge in [-0.15, -0.1) is 3.89 Å². The third kappa shape index (κ3) is 2.94. The highest BCUT2D eigenvalue weighted by Crippen LogP contribution is 2.21. The molecule has 0 bridgehead atoms. The highest BCUT2D eigenvalue weighted by Gasteiger charge is 2.38. The lowest BCUT2D eigenvalue weighted by atomic mass is 10.1. The number of fused-ring (bicyclic) bond motifs is 1. The largest absolute Gasteiger partial charge is 0.341 e. The zero-order chi connectivity index (χ0) is 15.7. The molecule has 1 unspecified atom stereocenters. The van der Waals surface area contributed by atoms with Crippen LogP contribution in [-0.4, -0.2) is 42.5 Å². The highest BCUT2D eigenvalue weighted by molar-refractivity contribution is 7.87. The summed E-state index contributed by atoms with van der Waals surface area (Å²) in [5, 5.41) is -0.222. The Bertz CT molecular complexity index is 817. The van der Waals surface area contributed by atoms with Crippen molar-refractivity contribution in [3.8, 4) is 0 Å². The third-order valence-corrected chi connectivity index (χ3v) is 5.08. The Hall–Kier alpha value is -2.02. The number of hydrogen-bond donors (Lipinski definition) is 0. The van der Waals surface area contributed by atoms with Crippen molar-refractivity contribution in [1.82, 2.24) is 9.88 Å². The van der Waals surface area contributed by atoms with Gasteiger partial charge in [-0.25, -0.2) is 0 Å². The lowest BCUT2D eigenvalue weighted by molar-refractivity contribution is -0.127. The maximum absolute atomic E-state index is 13.0. The molecule has 1 aromatic heterocycles. The predicted molar refractivity (Wildman–Crippen MR) is 80.5 cm³/mol. The number of carbonyl (C=O) groups excluding carboxylic acids is 1. The molecule has 0 spiro atoms. The summed E-state index contributed by atoms with van der Waals surface area (Å²) in [5.74, 6) is -0.315. The zero-order valence-electron chi connectivity index (χ0n) is 11.8. The molecule has 3 rings (SSSR count). The molecule has 5 nitrogen and oxygen atoms in total. The smallest absolute Gasteiger partial charge is 0.307 e. The van der Waals surface area contributed by atoms with Gasteiger partial charge in [0.2, 0.25) is 5.91 Å². The lowest BCUT2D eigenvalue weighted by Crippen LogP contribution is -2.29. The molecule has 1 atom stereocenters. The molecule has 1 aliphatic heterocycles. The molecule has 0 N–H and O–H groups in total. The van der Waals surface area contributed by atoms with Crippen LogP contribution in [0.15, 0.2) is 36.5 Å². The van der Waals surface area contributed by atoms with Crippen molar-refractivity contribution in [2.75, 3.05) is 13.1 Å². The van der Waals surface area contributed by atoms with Crippen LogP contribution in [0, 0.1) is 0 Å². The molecule has 1 fully saturated rings. The maximum atomic E-state index is 13.0. The summed E-state index contributed by atoms with van der Waals surface area (Å²) in [5.41, 5.74) is 1.90. The fraction of sp³-hybridized carbons (Fsp3) is 0.333. The Balaban J connectivity index is 1.74. The number of para-hydroxylation sites is 1. The molecule has 7 heteroatoms. The number of hydrogen-bond acceptors (Lipinski definition) is 4. The number of nitrogens with zero attached hydrogens (tertiary/aromatic N) is 2. The highest BCUT2D eigenvalue weighted by atomic mass is 32.3. The second kappa shape index (κ2) is 5.64. The van der Waals surface area contributed by atoms with E-state index in [-0.39, 0.29) is 18.9 Å². The molecule has 116 valence electrons. The number of amides is 1. The first kappa shape index (κ1) is 14.9. The summed E-state index contributed by atoms with van der Waals surface area (Å²) < 4.78 is 34.8. The molecule has 0 aliphatic carbocycles. The summed E-state index contributed by atoms with van der Waals surface area (Å²) in [4.78, 5) is 17.5. The molecule has 0 radical (unpaired) electrons. The molecule has 1 aromatic carbocycles. The van der Waals surface area contributed by atoms with E-state index in [0.29, 0.717) is 13.0 Å². The van der Waals surface area contributed by atoms with E-state index in [2.05, 4.69) is 4.98 Å². The van der Waals surface area contributed by atoms with Gasteiger partial charge in [-0.3, -0.25) is 9.78 Å². The SMILES string of the molecule is O=C1CC(S(=O)(=O)F)CN1CCc1ccnc2ccccc12. The normalized spacial score (nSPS) is 19.0. The van der Waals surface area contributed by atoms with Gasteiger partial charge in [-0.05, 0) is 24.1 Å². The van der Waals surface area contributed by atoms with Crippen LogP contribution in [0.3, 0.4) is 0 Å². The topological polar surface area (TPSA) is 67.3 Å². The summed E-state index contributed by atoms with van der Waals surface area (Å²) in [6.07, 6.45) is 2.02. The number of halogens is 1. The van der Waals surface area contributed by atoms with E-state index < -0.39 is 15.5 Å². The molecule has 2 heterocycles. The van der Waals surface area contributed by atoms with Crippen LogP contribution in [0.1, 0.15) is 12.0 Å². The first-order valence-electron chi connectivity index (χ1n) is 6.99. The summed E-state index contributed by atoms with van der Waals surface area (Å²) in [7, 11) is -4.66. The van der Waals surface area contributed by atoms with Crippen LogP contribution in [0.2, 0.25) is 0 Å². The van der Waals surface area contributed by atoms with Gasteiger partial charge >= 0.3 is 10.2 Å². The first-order valence-corrected chi connectivity index (χ1v) is 8.43. The van der Waals surface area contributed by atoms with Gasteiger partial charge in [-0.1, -0.05) is 18.2 Å². The molecule has 22 heavy (non-hydrogen) atoms. The van der Waals surface area contributed by atoms with E-state index in [4.69, 9.17) is 0 Å². The van der Waals surface area contributed by atoms with E-state index in [1.54, 1.807) is 6.20 Å². The minimum absolute atomic E-state index is 0.0688. The Morgan fingerprint density at radius 3 is 2.77 bits per heavy atom. The summed E-state index contributed by atoms with van der Waals surface area (Å²) >= 11 is 0. The monoisotopic (exact) mass is 322 g/mol. The Labute approximate surface area is 128 Å². The van der Waals surface area contributed by atoms with Gasteiger partial charge in [-0.2, -0.15) is 8.42 Å². The molecule has 0 saturated carbocycles. The fourth-order valence-electron chi connectivity index (χ4n) is 2.77. The number of pyridine rings is 1. The number of carbonyl (C=O) groups is 1. The van der Waals surface area contributed by atoms with Gasteiger partial charge < -0.3 is 4.90 Å². The van der Waals surface area contributed by atoms with Gasteiger partial charge in [0.05, 0.1) is 5.52 Å². The van der Waals surface area contributed by atoms with Gasteiger partial charge in [0, 0.05) is 31.1 Å². The molecular weight excluding hydrogens is 307 g/mol. The predicted octanol–water partition coefficient (Wildman–Crippen LogP) is 1.68. The fourth-order valence-corrected chi connectivity index (χ4v) is 3.47. The summed E-state index contributed by atoms with van der Waals surface area (Å²) in [6, 6.07) is 9.57. The van der Waals surface area contributed by atoms with Crippen LogP contribution in [-0.2, 0) is 21.4 Å². The summed E-state index contributed by atoms with van der Waals surface area (Å²) in [6.45, 7) is 0.305. The van der Waals surface area contributed by atoms with Crippen LogP contribution >= 0.6 is 0 Å². The van der Waals surface area contributed by atoms with Gasteiger partial charge in [0.1, 0.15) is 5.25 Å². The average Bonchev–Trinajstić information content (AvgIpc) is 2.86. The molecule has 2 aromatic rings. The zero-order valence-corrected chi connectivity index (χ0v) is 12.6. The van der Waals surface area contributed by atoms with Crippen LogP contribution in [0.4, 0.5) is 3.89 Å². The van der Waals surface area contributed by atoms with E-state index in [1.165, 1.54) is 4.90 Å². The number of aromatic nitrogens is 1. The number of benzene rings is 1. The third-order valence-electron chi connectivity index (χ3n) is 3.97. The average molecular weight is 322 g/mol. The lowest BCUT2D eigenvalue weighted by Gasteiger charge is -2.16. The second-order valence-corrected chi connectivity index (χ2v) is 7.00. The van der Waals surface area contributed by atoms with E-state index in [9.17, 15) is 17.1 Å². The minimum atomic E-state index is -4.66. The van der Waals surface area contributed by atoms with Crippen molar-refractivity contribution in [3.05, 3.63) is 42.1 Å². The molecule has 1 aliphatic rings.